The highest BCUT2D eigenvalue weighted by Crippen LogP contribution is 2.31. The van der Waals surface area contributed by atoms with Crippen LogP contribution in [0.2, 0.25) is 0 Å². The van der Waals surface area contributed by atoms with Gasteiger partial charge in [0.25, 0.3) is 0 Å². The number of hydrogen-bond donors (Lipinski definition) is 0. The summed E-state index contributed by atoms with van der Waals surface area (Å²) in [6, 6.07) is 31.4. The molecule has 0 bridgehead atoms. The van der Waals surface area contributed by atoms with Crippen molar-refractivity contribution < 1.29 is 19.1 Å². The van der Waals surface area contributed by atoms with E-state index < -0.39 is 0 Å². The van der Waals surface area contributed by atoms with Crippen LogP contribution in [0.4, 0.5) is 0 Å². The fraction of sp³-hybridized carbons (Fsp3) is 0.188. The Kier molecular flexibility index (Phi) is 11.0. The second-order valence-corrected chi connectivity index (χ2v) is 12.0. The summed E-state index contributed by atoms with van der Waals surface area (Å²) in [6.45, 7) is 0. The molecule has 0 amide bonds. The fourth-order valence-electron chi connectivity index (χ4n) is 3.71. The van der Waals surface area contributed by atoms with E-state index in [-0.39, 0.29) is 11.6 Å². The van der Waals surface area contributed by atoms with E-state index in [0.717, 1.165) is 43.9 Å². The molecular formula is C32H30O4S3. The largest absolute Gasteiger partial charge is 0.497 e. The monoisotopic (exact) mass is 574 g/mol. The molecule has 0 spiro atoms. The Labute approximate surface area is 242 Å². The van der Waals surface area contributed by atoms with Crippen molar-refractivity contribution >= 4 is 46.9 Å². The zero-order valence-corrected chi connectivity index (χ0v) is 24.4. The number of ether oxygens (including phenoxy) is 2. The van der Waals surface area contributed by atoms with E-state index in [4.69, 9.17) is 9.47 Å². The molecule has 0 heterocycles. The van der Waals surface area contributed by atoms with Gasteiger partial charge in [-0.05, 0) is 97.1 Å². The van der Waals surface area contributed by atoms with Crippen LogP contribution in [-0.4, -0.2) is 37.3 Å². The summed E-state index contributed by atoms with van der Waals surface area (Å²) in [7, 11) is 3.23. The van der Waals surface area contributed by atoms with Gasteiger partial charge >= 0.3 is 0 Å². The minimum absolute atomic E-state index is 0.141. The summed E-state index contributed by atoms with van der Waals surface area (Å²) in [4.78, 5) is 29.4. The summed E-state index contributed by atoms with van der Waals surface area (Å²) < 4.78 is 10.3. The SMILES string of the molecule is COc1ccc(C(=O)CCSc2ccc(Sc3ccc(SCCC(=O)c4ccc(OC)cc4)cc3)cc2)cc1. The van der Waals surface area contributed by atoms with E-state index in [1.54, 1.807) is 49.5 Å². The molecule has 0 aromatic heterocycles. The van der Waals surface area contributed by atoms with Crippen molar-refractivity contribution in [1.82, 2.24) is 0 Å². The lowest BCUT2D eigenvalue weighted by Crippen LogP contribution is -2.00. The van der Waals surface area contributed by atoms with Crippen molar-refractivity contribution in [3.63, 3.8) is 0 Å². The topological polar surface area (TPSA) is 52.6 Å². The van der Waals surface area contributed by atoms with Crippen LogP contribution in [0.5, 0.6) is 11.5 Å². The summed E-state index contributed by atoms with van der Waals surface area (Å²) in [5.74, 6) is 3.27. The molecule has 0 N–H and O–H groups in total. The molecule has 4 aromatic rings. The third kappa shape index (κ3) is 8.95. The summed E-state index contributed by atoms with van der Waals surface area (Å²) in [6.07, 6.45) is 0.987. The summed E-state index contributed by atoms with van der Waals surface area (Å²) in [5, 5.41) is 0. The number of Topliss-reactive ketones (excluding diaryl/α,β-unsaturated/α-hetero) is 2. The Morgan fingerprint density at radius 3 is 1.18 bits per heavy atom. The van der Waals surface area contributed by atoms with Crippen molar-refractivity contribution in [3.8, 4) is 11.5 Å². The van der Waals surface area contributed by atoms with Crippen LogP contribution in [0.1, 0.15) is 33.6 Å². The maximum absolute atomic E-state index is 12.4. The van der Waals surface area contributed by atoms with Gasteiger partial charge in [-0.3, -0.25) is 9.59 Å². The van der Waals surface area contributed by atoms with Gasteiger partial charge in [0.2, 0.25) is 0 Å². The van der Waals surface area contributed by atoms with E-state index in [0.29, 0.717) is 12.8 Å². The first-order chi connectivity index (χ1) is 19.0. The molecule has 0 unspecified atom stereocenters. The Balaban J connectivity index is 1.18. The van der Waals surface area contributed by atoms with Gasteiger partial charge in [0.05, 0.1) is 14.2 Å². The average Bonchev–Trinajstić information content (AvgIpc) is 2.99. The van der Waals surface area contributed by atoms with Gasteiger partial charge in [0, 0.05) is 55.1 Å². The van der Waals surface area contributed by atoms with Gasteiger partial charge < -0.3 is 9.47 Å². The molecule has 0 aliphatic rings. The van der Waals surface area contributed by atoms with E-state index >= 15 is 0 Å². The summed E-state index contributed by atoms with van der Waals surface area (Å²) in [5.41, 5.74) is 1.43. The third-order valence-corrected chi connectivity index (χ3v) is 8.95. The molecule has 4 rings (SSSR count). The van der Waals surface area contributed by atoms with Gasteiger partial charge in [0.15, 0.2) is 11.6 Å². The number of carbonyl (C=O) groups is 2. The fourth-order valence-corrected chi connectivity index (χ4v) is 6.23. The molecule has 200 valence electrons. The second kappa shape index (κ2) is 14.9. The molecule has 0 saturated carbocycles. The Morgan fingerprint density at radius 1 is 0.513 bits per heavy atom. The molecule has 0 fully saturated rings. The first kappa shape index (κ1) is 28.9. The Hall–Kier alpha value is -3.13. The quantitative estimate of drug-likeness (QED) is 0.110. The lowest BCUT2D eigenvalue weighted by molar-refractivity contribution is 0.0981. The highest BCUT2D eigenvalue weighted by Gasteiger charge is 2.08. The van der Waals surface area contributed by atoms with Crippen LogP contribution >= 0.6 is 35.3 Å². The van der Waals surface area contributed by atoms with Crippen molar-refractivity contribution in [2.75, 3.05) is 25.7 Å². The molecule has 0 aliphatic heterocycles. The highest BCUT2D eigenvalue weighted by molar-refractivity contribution is 8.00. The molecule has 39 heavy (non-hydrogen) atoms. The summed E-state index contributed by atoms with van der Waals surface area (Å²) >= 11 is 5.10. The predicted molar refractivity (Wildman–Crippen MR) is 162 cm³/mol. The molecule has 4 aromatic carbocycles. The standard InChI is InChI=1S/C32H30O4S3/c1-35-25-7-3-23(4-8-25)31(33)19-21-37-27-11-15-29(16-12-27)39-30-17-13-28(14-18-30)38-22-20-32(34)24-5-9-26(36-2)10-6-24/h3-18H,19-22H2,1-2H3. The number of hydrogen-bond acceptors (Lipinski definition) is 7. The Bertz CT molecular complexity index is 1240. The van der Waals surface area contributed by atoms with E-state index in [1.807, 2.05) is 48.5 Å². The molecule has 0 aliphatic carbocycles. The number of methoxy groups -OCH3 is 2. The molecular weight excluding hydrogens is 545 g/mol. The molecule has 4 nitrogen and oxygen atoms in total. The number of thioether (sulfide) groups is 2. The number of benzene rings is 4. The zero-order chi connectivity index (χ0) is 27.5. The van der Waals surface area contributed by atoms with E-state index in [1.165, 1.54) is 9.79 Å². The highest BCUT2D eigenvalue weighted by atomic mass is 32.2. The normalized spacial score (nSPS) is 10.7. The average molecular weight is 575 g/mol. The minimum Gasteiger partial charge on any atom is -0.497 e. The first-order valence-corrected chi connectivity index (χ1v) is 15.3. The van der Waals surface area contributed by atoms with Gasteiger partial charge in [-0.1, -0.05) is 11.8 Å². The third-order valence-electron chi connectivity index (χ3n) is 5.90. The number of ketones is 2. The smallest absolute Gasteiger partial charge is 0.163 e. The van der Waals surface area contributed by atoms with Gasteiger partial charge in [-0.15, -0.1) is 23.5 Å². The van der Waals surface area contributed by atoms with Crippen LogP contribution in [0.25, 0.3) is 0 Å². The maximum atomic E-state index is 12.4. The van der Waals surface area contributed by atoms with Crippen LogP contribution in [0.15, 0.2) is 117 Å². The van der Waals surface area contributed by atoms with Crippen LogP contribution in [-0.2, 0) is 0 Å². The lowest BCUT2D eigenvalue weighted by Gasteiger charge is -2.06. The van der Waals surface area contributed by atoms with Crippen molar-refractivity contribution in [1.29, 1.82) is 0 Å². The van der Waals surface area contributed by atoms with E-state index in [2.05, 4.69) is 48.5 Å². The van der Waals surface area contributed by atoms with Gasteiger partial charge in [-0.2, -0.15) is 0 Å². The Morgan fingerprint density at radius 2 is 0.846 bits per heavy atom. The van der Waals surface area contributed by atoms with Crippen LogP contribution in [0.3, 0.4) is 0 Å². The number of rotatable bonds is 14. The van der Waals surface area contributed by atoms with Gasteiger partial charge in [0.1, 0.15) is 11.5 Å². The predicted octanol–water partition coefficient (Wildman–Crippen LogP) is 8.59. The molecule has 0 atom stereocenters. The lowest BCUT2D eigenvalue weighted by atomic mass is 10.1. The van der Waals surface area contributed by atoms with Crippen LogP contribution in [0, 0.1) is 0 Å². The van der Waals surface area contributed by atoms with Crippen molar-refractivity contribution in [2.45, 2.75) is 32.4 Å². The van der Waals surface area contributed by atoms with Crippen molar-refractivity contribution in [2.24, 2.45) is 0 Å². The van der Waals surface area contributed by atoms with Crippen LogP contribution < -0.4 is 9.47 Å². The first-order valence-electron chi connectivity index (χ1n) is 12.5. The molecule has 0 radical (unpaired) electrons. The van der Waals surface area contributed by atoms with Crippen molar-refractivity contribution in [3.05, 3.63) is 108 Å². The molecule has 0 saturated heterocycles. The molecule has 7 heteroatoms. The number of carbonyl (C=O) groups excluding carboxylic acids is 2. The minimum atomic E-state index is 0.141. The second-order valence-electron chi connectivity index (χ2n) is 8.55. The maximum Gasteiger partial charge on any atom is 0.163 e. The van der Waals surface area contributed by atoms with E-state index in [9.17, 15) is 9.59 Å². The zero-order valence-electron chi connectivity index (χ0n) is 21.9. The van der Waals surface area contributed by atoms with Gasteiger partial charge in [-0.25, -0.2) is 0 Å².